The van der Waals surface area contributed by atoms with Crippen LogP contribution in [0.3, 0.4) is 0 Å². The molecule has 0 spiro atoms. The van der Waals surface area contributed by atoms with E-state index in [1.807, 2.05) is 37.3 Å². The predicted octanol–water partition coefficient (Wildman–Crippen LogP) is 2.81. The molecule has 0 radical (unpaired) electrons. The van der Waals surface area contributed by atoms with Gasteiger partial charge >= 0.3 is 0 Å². The van der Waals surface area contributed by atoms with Crippen molar-refractivity contribution in [3.8, 4) is 0 Å². The Morgan fingerprint density at radius 3 is 2.57 bits per heavy atom. The molecule has 0 bridgehead atoms. The average molecular weight is 296 g/mol. The number of halogens is 2. The Morgan fingerprint density at radius 2 is 1.95 bits per heavy atom. The molecule has 0 aromatic heterocycles. The summed E-state index contributed by atoms with van der Waals surface area (Å²) in [5, 5.41) is 3.21. The molecule has 1 fully saturated rings. The number of carbonyl (C=O) groups is 1. The SMILES string of the molecule is CCCC1NC(CCc2ccccc2)C(=O)N1CC(F)F. The van der Waals surface area contributed by atoms with Crippen LogP contribution in [0.1, 0.15) is 31.7 Å². The molecule has 0 aliphatic carbocycles. The van der Waals surface area contributed by atoms with Gasteiger partial charge in [-0.15, -0.1) is 0 Å². The quantitative estimate of drug-likeness (QED) is 0.839. The number of benzene rings is 1. The number of rotatable bonds is 7. The standard InChI is InChI=1S/C16H22F2N2O/c1-2-6-15-19-13(16(21)20(15)11-14(17)18)10-9-12-7-4-3-5-8-12/h3-5,7-8,13-15,19H,2,6,9-11H2,1H3. The first-order valence-electron chi connectivity index (χ1n) is 7.50. The average Bonchev–Trinajstić information content (AvgIpc) is 2.75. The van der Waals surface area contributed by atoms with Crippen LogP contribution in [-0.4, -0.2) is 36.0 Å². The second-order valence-electron chi connectivity index (χ2n) is 5.43. The van der Waals surface area contributed by atoms with Crippen LogP contribution in [0.5, 0.6) is 0 Å². The fraction of sp³-hybridized carbons (Fsp3) is 0.562. The minimum absolute atomic E-state index is 0.190. The number of alkyl halides is 2. The molecule has 3 nitrogen and oxygen atoms in total. The van der Waals surface area contributed by atoms with E-state index in [-0.39, 0.29) is 18.1 Å². The van der Waals surface area contributed by atoms with Crippen LogP contribution in [-0.2, 0) is 11.2 Å². The van der Waals surface area contributed by atoms with Crippen LogP contribution in [0.15, 0.2) is 30.3 Å². The highest BCUT2D eigenvalue weighted by Gasteiger charge is 2.38. The summed E-state index contributed by atoms with van der Waals surface area (Å²) in [5.74, 6) is -0.190. The summed E-state index contributed by atoms with van der Waals surface area (Å²) in [6, 6.07) is 9.55. The Morgan fingerprint density at radius 1 is 1.24 bits per heavy atom. The first-order chi connectivity index (χ1) is 10.1. The second-order valence-corrected chi connectivity index (χ2v) is 5.43. The molecule has 2 rings (SSSR count). The van der Waals surface area contributed by atoms with Gasteiger partial charge in [-0.1, -0.05) is 43.7 Å². The summed E-state index contributed by atoms with van der Waals surface area (Å²) in [5.41, 5.74) is 1.16. The molecule has 116 valence electrons. The molecule has 1 heterocycles. The Hall–Kier alpha value is -1.49. The van der Waals surface area contributed by atoms with Gasteiger partial charge in [-0.2, -0.15) is 0 Å². The number of hydrogen-bond donors (Lipinski definition) is 1. The lowest BCUT2D eigenvalue weighted by atomic mass is 10.1. The van der Waals surface area contributed by atoms with Crippen LogP contribution >= 0.6 is 0 Å². The van der Waals surface area contributed by atoms with Crippen molar-refractivity contribution in [3.63, 3.8) is 0 Å². The lowest BCUT2D eigenvalue weighted by molar-refractivity contribution is -0.132. The third kappa shape index (κ3) is 4.24. The number of aryl methyl sites for hydroxylation is 1. The Labute approximate surface area is 124 Å². The van der Waals surface area contributed by atoms with Gasteiger partial charge in [-0.3, -0.25) is 10.1 Å². The van der Waals surface area contributed by atoms with Gasteiger partial charge in [-0.25, -0.2) is 8.78 Å². The van der Waals surface area contributed by atoms with Crippen LogP contribution in [0.2, 0.25) is 0 Å². The minimum Gasteiger partial charge on any atom is -0.320 e. The number of hydrogen-bond acceptors (Lipinski definition) is 2. The Bertz CT molecular complexity index is 453. The van der Waals surface area contributed by atoms with E-state index in [1.54, 1.807) is 0 Å². The summed E-state index contributed by atoms with van der Waals surface area (Å²) >= 11 is 0. The summed E-state index contributed by atoms with van der Waals surface area (Å²) in [6.45, 7) is 1.52. The van der Waals surface area contributed by atoms with Crippen molar-refractivity contribution in [2.24, 2.45) is 0 Å². The van der Waals surface area contributed by atoms with Crippen molar-refractivity contribution in [3.05, 3.63) is 35.9 Å². The molecule has 2 atom stereocenters. The van der Waals surface area contributed by atoms with Gasteiger partial charge in [0.05, 0.1) is 18.8 Å². The Balaban J connectivity index is 1.95. The van der Waals surface area contributed by atoms with Crippen LogP contribution in [0.25, 0.3) is 0 Å². The van der Waals surface area contributed by atoms with Crippen molar-refractivity contribution in [1.82, 2.24) is 10.2 Å². The highest BCUT2D eigenvalue weighted by molar-refractivity contribution is 5.84. The van der Waals surface area contributed by atoms with Crippen LogP contribution < -0.4 is 5.32 Å². The van der Waals surface area contributed by atoms with E-state index in [9.17, 15) is 13.6 Å². The highest BCUT2D eigenvalue weighted by Crippen LogP contribution is 2.19. The third-order valence-corrected chi connectivity index (χ3v) is 3.81. The molecule has 2 unspecified atom stereocenters. The molecule has 0 saturated carbocycles. The number of nitrogens with one attached hydrogen (secondary N) is 1. The number of carbonyl (C=O) groups excluding carboxylic acids is 1. The first-order valence-corrected chi connectivity index (χ1v) is 7.50. The van der Waals surface area contributed by atoms with Crippen LogP contribution in [0.4, 0.5) is 8.78 Å². The van der Waals surface area contributed by atoms with Gasteiger partial charge in [0.15, 0.2) is 0 Å². The normalized spacial score (nSPS) is 22.3. The summed E-state index contributed by atoms with van der Waals surface area (Å²) in [4.78, 5) is 13.6. The van der Waals surface area contributed by atoms with Crippen LogP contribution in [0, 0.1) is 0 Å². The zero-order chi connectivity index (χ0) is 15.2. The van der Waals surface area contributed by atoms with E-state index in [2.05, 4.69) is 5.32 Å². The fourth-order valence-corrected chi connectivity index (χ4v) is 2.79. The monoisotopic (exact) mass is 296 g/mol. The van der Waals surface area contributed by atoms with Gasteiger partial charge < -0.3 is 4.90 Å². The zero-order valence-electron chi connectivity index (χ0n) is 12.3. The van der Waals surface area contributed by atoms with E-state index < -0.39 is 13.0 Å². The predicted molar refractivity (Wildman–Crippen MR) is 78.1 cm³/mol. The number of nitrogens with zero attached hydrogens (tertiary/aromatic N) is 1. The lowest BCUT2D eigenvalue weighted by Crippen LogP contribution is -2.40. The molecule has 1 saturated heterocycles. The van der Waals surface area contributed by atoms with Crippen molar-refractivity contribution < 1.29 is 13.6 Å². The molecule has 1 N–H and O–H groups in total. The third-order valence-electron chi connectivity index (χ3n) is 3.81. The van der Waals surface area contributed by atoms with E-state index in [0.717, 1.165) is 18.4 Å². The van der Waals surface area contributed by atoms with Gasteiger partial charge in [0.25, 0.3) is 6.43 Å². The lowest BCUT2D eigenvalue weighted by Gasteiger charge is -2.23. The summed E-state index contributed by atoms with van der Waals surface area (Å²) in [6.07, 6.45) is 0.241. The minimum atomic E-state index is -2.48. The van der Waals surface area contributed by atoms with E-state index in [0.29, 0.717) is 12.8 Å². The van der Waals surface area contributed by atoms with Gasteiger partial charge in [-0.05, 0) is 24.8 Å². The van der Waals surface area contributed by atoms with Crippen molar-refractivity contribution >= 4 is 5.91 Å². The van der Waals surface area contributed by atoms with Gasteiger partial charge in [0.1, 0.15) is 0 Å². The van der Waals surface area contributed by atoms with Crippen molar-refractivity contribution in [1.29, 1.82) is 0 Å². The van der Waals surface area contributed by atoms with E-state index in [4.69, 9.17) is 0 Å². The number of amides is 1. The maximum absolute atomic E-state index is 12.6. The molecule has 1 aliphatic heterocycles. The first kappa shape index (κ1) is 15.9. The van der Waals surface area contributed by atoms with Gasteiger partial charge in [0.2, 0.25) is 5.91 Å². The van der Waals surface area contributed by atoms with Crippen molar-refractivity contribution in [2.45, 2.75) is 51.2 Å². The highest BCUT2D eigenvalue weighted by atomic mass is 19.3. The second kappa shape index (κ2) is 7.50. The Kier molecular flexibility index (Phi) is 5.67. The zero-order valence-corrected chi connectivity index (χ0v) is 12.3. The largest absolute Gasteiger partial charge is 0.320 e. The maximum atomic E-state index is 12.6. The molecular formula is C16H22F2N2O. The molecule has 1 aliphatic rings. The van der Waals surface area contributed by atoms with Gasteiger partial charge in [0, 0.05) is 0 Å². The fourth-order valence-electron chi connectivity index (χ4n) is 2.79. The molecule has 5 heteroatoms. The summed E-state index contributed by atoms with van der Waals surface area (Å²) < 4.78 is 25.3. The van der Waals surface area contributed by atoms with E-state index in [1.165, 1.54) is 4.90 Å². The molecular weight excluding hydrogens is 274 g/mol. The van der Waals surface area contributed by atoms with E-state index >= 15 is 0 Å². The molecule has 1 aromatic carbocycles. The summed E-state index contributed by atoms with van der Waals surface area (Å²) in [7, 11) is 0. The molecule has 1 aromatic rings. The topological polar surface area (TPSA) is 32.3 Å². The smallest absolute Gasteiger partial charge is 0.255 e. The maximum Gasteiger partial charge on any atom is 0.255 e. The molecule has 21 heavy (non-hydrogen) atoms. The van der Waals surface area contributed by atoms with Crippen molar-refractivity contribution in [2.75, 3.05) is 6.54 Å². The molecule has 1 amide bonds.